The van der Waals surface area contributed by atoms with Crippen LogP contribution in [0, 0.1) is 0 Å². The molecule has 1 unspecified atom stereocenters. The van der Waals surface area contributed by atoms with E-state index >= 15 is 0 Å². The molecule has 0 aromatic heterocycles. The molecule has 0 bridgehead atoms. The predicted molar refractivity (Wildman–Crippen MR) is 93.8 cm³/mol. The van der Waals surface area contributed by atoms with Gasteiger partial charge < -0.3 is 26.2 Å². The van der Waals surface area contributed by atoms with E-state index in [1.165, 1.54) is 0 Å². The van der Waals surface area contributed by atoms with Crippen molar-refractivity contribution >= 4 is 13.9 Å². The van der Waals surface area contributed by atoms with Gasteiger partial charge >= 0.3 is 6.09 Å². The van der Waals surface area contributed by atoms with E-state index in [-0.39, 0.29) is 12.1 Å². The molecule has 0 saturated carbocycles. The van der Waals surface area contributed by atoms with E-state index in [1.807, 2.05) is 40.8 Å². The van der Waals surface area contributed by atoms with Gasteiger partial charge in [0.2, 0.25) is 0 Å². The van der Waals surface area contributed by atoms with Crippen LogP contribution in [0.25, 0.3) is 0 Å². The number of nitrogens with two attached hydrogens (primary N) is 1. The summed E-state index contributed by atoms with van der Waals surface area (Å²) in [5.41, 5.74) is 15.9. The van der Waals surface area contributed by atoms with Crippen LogP contribution in [0.3, 0.4) is 0 Å². The number of carbonyl (C=O) groups excluding carboxylic acids is 1. The van der Waals surface area contributed by atoms with Crippen molar-refractivity contribution in [1.82, 2.24) is 15.8 Å². The van der Waals surface area contributed by atoms with Crippen LogP contribution < -0.4 is 16.6 Å². The highest BCUT2D eigenvalue weighted by Crippen LogP contribution is 2.30. The molecule has 0 fully saturated rings. The van der Waals surface area contributed by atoms with Crippen molar-refractivity contribution < 1.29 is 9.53 Å². The topological polar surface area (TPSA) is 79.6 Å². The van der Waals surface area contributed by atoms with Crippen LogP contribution in [0.1, 0.15) is 40.0 Å². The summed E-state index contributed by atoms with van der Waals surface area (Å²) in [4.78, 5) is 14.0. The molecule has 1 aliphatic heterocycles. The Morgan fingerprint density at radius 2 is 2.09 bits per heavy atom. The van der Waals surface area contributed by atoms with E-state index in [0.717, 1.165) is 41.8 Å². The standard InChI is InChI=1S/C16H27BN4O2/c1-16(2,3)23-15(22)21(4)10-5-6-12(18)11(9-10)13-7-8-14(17)20-19-13/h7-8,10,19-20H,5-6,9,17-18H2,1-4H3. The minimum Gasteiger partial charge on any atom is -0.444 e. The van der Waals surface area contributed by atoms with Gasteiger partial charge in [-0.1, -0.05) is 0 Å². The van der Waals surface area contributed by atoms with Crippen molar-refractivity contribution in [3.8, 4) is 0 Å². The summed E-state index contributed by atoms with van der Waals surface area (Å²) in [7, 11) is 3.78. The highest BCUT2D eigenvalue weighted by molar-refractivity contribution is 6.21. The second-order valence-corrected chi connectivity index (χ2v) is 7.17. The van der Waals surface area contributed by atoms with Gasteiger partial charge in [0, 0.05) is 18.8 Å². The molecule has 1 atom stereocenters. The van der Waals surface area contributed by atoms with Crippen LogP contribution in [-0.2, 0) is 4.74 Å². The highest BCUT2D eigenvalue weighted by Gasteiger charge is 2.30. The second kappa shape index (κ2) is 6.60. The normalized spacial score (nSPS) is 21.7. The van der Waals surface area contributed by atoms with E-state index in [0.29, 0.717) is 0 Å². The second-order valence-electron chi connectivity index (χ2n) is 7.17. The van der Waals surface area contributed by atoms with Gasteiger partial charge in [-0.3, -0.25) is 0 Å². The van der Waals surface area contributed by atoms with Crippen molar-refractivity contribution in [2.75, 3.05) is 7.05 Å². The summed E-state index contributed by atoms with van der Waals surface area (Å²) in [6.07, 6.45) is 6.07. The van der Waals surface area contributed by atoms with Gasteiger partial charge in [-0.15, -0.1) is 0 Å². The first-order chi connectivity index (χ1) is 10.7. The third kappa shape index (κ3) is 4.47. The molecule has 1 heterocycles. The molecule has 1 aliphatic carbocycles. The minimum absolute atomic E-state index is 0.0850. The fourth-order valence-corrected chi connectivity index (χ4v) is 2.67. The van der Waals surface area contributed by atoms with Crippen molar-refractivity contribution in [3.63, 3.8) is 0 Å². The Morgan fingerprint density at radius 1 is 1.39 bits per heavy atom. The van der Waals surface area contributed by atoms with Crippen LogP contribution in [-0.4, -0.2) is 37.5 Å². The lowest BCUT2D eigenvalue weighted by Crippen LogP contribution is -2.43. The van der Waals surface area contributed by atoms with Crippen LogP contribution in [0.2, 0.25) is 0 Å². The lowest BCUT2D eigenvalue weighted by molar-refractivity contribution is 0.0210. The zero-order valence-electron chi connectivity index (χ0n) is 14.7. The maximum absolute atomic E-state index is 12.3. The Labute approximate surface area is 139 Å². The summed E-state index contributed by atoms with van der Waals surface area (Å²) in [6.45, 7) is 5.63. The SMILES string of the molecule is BC1=CC=C(C2=C(N)CCC(N(C)C(=O)OC(C)(C)C)C2)NN1. The number of nitrogens with zero attached hydrogens (tertiary/aromatic N) is 1. The molecule has 0 radical (unpaired) electrons. The zero-order valence-corrected chi connectivity index (χ0v) is 14.7. The molecule has 6 nitrogen and oxygen atoms in total. The quantitative estimate of drug-likeness (QED) is 0.664. The first kappa shape index (κ1) is 17.3. The maximum Gasteiger partial charge on any atom is 0.410 e. The molecule has 7 heteroatoms. The summed E-state index contributed by atoms with van der Waals surface area (Å²) in [6, 6.07) is 0.0850. The highest BCUT2D eigenvalue weighted by atomic mass is 16.6. The molecular formula is C16H27BN4O2. The molecule has 0 aromatic carbocycles. The van der Waals surface area contributed by atoms with Crippen molar-refractivity contribution in [2.45, 2.75) is 51.7 Å². The number of hydrazine groups is 1. The molecule has 126 valence electrons. The summed E-state index contributed by atoms with van der Waals surface area (Å²) < 4.78 is 5.46. The van der Waals surface area contributed by atoms with Crippen molar-refractivity contribution in [1.29, 1.82) is 0 Å². The van der Waals surface area contributed by atoms with Gasteiger partial charge in [-0.05, 0) is 63.4 Å². The first-order valence-corrected chi connectivity index (χ1v) is 8.01. The van der Waals surface area contributed by atoms with Gasteiger partial charge in [-0.25, -0.2) is 4.79 Å². The summed E-state index contributed by atoms with van der Waals surface area (Å²) in [5.74, 6) is 0. The molecule has 2 rings (SSSR count). The average Bonchev–Trinajstić information content (AvgIpc) is 2.46. The minimum atomic E-state index is -0.489. The number of carbonyl (C=O) groups is 1. The number of allylic oxidation sites excluding steroid dienone is 4. The van der Waals surface area contributed by atoms with Crippen LogP contribution in [0.4, 0.5) is 4.79 Å². The van der Waals surface area contributed by atoms with Gasteiger partial charge in [0.05, 0.1) is 5.70 Å². The van der Waals surface area contributed by atoms with Crippen molar-refractivity contribution in [2.24, 2.45) is 5.73 Å². The van der Waals surface area contributed by atoms with Gasteiger partial charge in [0.25, 0.3) is 0 Å². The fraction of sp³-hybridized carbons (Fsp3) is 0.562. The number of amides is 1. The Balaban J connectivity index is 2.09. The lowest BCUT2D eigenvalue weighted by Gasteiger charge is -2.35. The average molecular weight is 318 g/mol. The van der Waals surface area contributed by atoms with Gasteiger partial charge in [0.1, 0.15) is 5.60 Å². The lowest BCUT2D eigenvalue weighted by atomic mass is 9.89. The number of hydrogen-bond acceptors (Lipinski definition) is 5. The molecule has 0 saturated heterocycles. The predicted octanol–water partition coefficient (Wildman–Crippen LogP) is 1.08. The van der Waals surface area contributed by atoms with Crippen molar-refractivity contribution in [3.05, 3.63) is 34.7 Å². The van der Waals surface area contributed by atoms with E-state index in [1.54, 1.807) is 11.9 Å². The Morgan fingerprint density at radius 3 is 2.65 bits per heavy atom. The summed E-state index contributed by atoms with van der Waals surface area (Å²) >= 11 is 0. The smallest absolute Gasteiger partial charge is 0.410 e. The number of nitrogens with one attached hydrogen (secondary N) is 2. The number of rotatable bonds is 2. The largest absolute Gasteiger partial charge is 0.444 e. The molecule has 4 N–H and O–H groups in total. The molecular weight excluding hydrogens is 291 g/mol. The van der Waals surface area contributed by atoms with E-state index < -0.39 is 5.60 Å². The molecule has 23 heavy (non-hydrogen) atoms. The molecule has 2 aliphatic rings. The third-order valence-corrected chi connectivity index (χ3v) is 4.02. The van der Waals surface area contributed by atoms with E-state index in [2.05, 4.69) is 10.9 Å². The van der Waals surface area contributed by atoms with Gasteiger partial charge in [-0.2, -0.15) is 0 Å². The molecule has 1 amide bonds. The third-order valence-electron chi connectivity index (χ3n) is 4.02. The maximum atomic E-state index is 12.3. The molecule has 0 aromatic rings. The first-order valence-electron chi connectivity index (χ1n) is 8.01. The fourth-order valence-electron chi connectivity index (χ4n) is 2.67. The van der Waals surface area contributed by atoms with E-state index in [4.69, 9.17) is 10.5 Å². The Bertz CT molecular complexity index is 575. The van der Waals surface area contributed by atoms with Gasteiger partial charge in [0.15, 0.2) is 7.85 Å². The number of ether oxygens (including phenoxy) is 1. The number of hydrogen-bond donors (Lipinski definition) is 3. The van der Waals surface area contributed by atoms with Crippen LogP contribution in [0.5, 0.6) is 0 Å². The van der Waals surface area contributed by atoms with Crippen LogP contribution in [0.15, 0.2) is 34.7 Å². The van der Waals surface area contributed by atoms with Crippen LogP contribution >= 0.6 is 0 Å². The summed E-state index contributed by atoms with van der Waals surface area (Å²) in [5, 5.41) is 0. The zero-order chi connectivity index (χ0) is 17.2. The monoisotopic (exact) mass is 318 g/mol. The molecule has 0 spiro atoms. The Hall–Kier alpha value is -2.05. The van der Waals surface area contributed by atoms with E-state index in [9.17, 15) is 4.79 Å². The Kier molecular flexibility index (Phi) is 4.97.